The van der Waals surface area contributed by atoms with E-state index in [2.05, 4.69) is 13.2 Å². The summed E-state index contributed by atoms with van der Waals surface area (Å²) in [4.78, 5) is 0. The van der Waals surface area contributed by atoms with Gasteiger partial charge in [0.15, 0.2) is 0 Å². The van der Waals surface area contributed by atoms with E-state index >= 15 is 0 Å². The first kappa shape index (κ1) is 9.59. The Hall–Kier alpha value is -1.50. The smallest absolute Gasteiger partial charge is 0.127 e. The van der Waals surface area contributed by atoms with E-state index in [4.69, 9.17) is 4.74 Å². The molecule has 0 radical (unpaired) electrons. The molecule has 13 heavy (non-hydrogen) atoms. The minimum atomic E-state index is 0.0288. The lowest BCUT2D eigenvalue weighted by Crippen LogP contribution is -2.07. The summed E-state index contributed by atoms with van der Waals surface area (Å²) in [5.41, 5.74) is 1.01. The van der Waals surface area contributed by atoms with Gasteiger partial charge in [-0.2, -0.15) is 0 Å². The Bertz CT molecular complexity index is 302. The third-order valence-electron chi connectivity index (χ3n) is 1.78. The van der Waals surface area contributed by atoms with Crippen LogP contribution in [-0.4, -0.2) is 6.10 Å². The van der Waals surface area contributed by atoms with Crippen molar-refractivity contribution in [1.82, 2.24) is 0 Å². The fourth-order valence-corrected chi connectivity index (χ4v) is 1.00. The molecular formula is C12H14O. The third kappa shape index (κ3) is 2.48. The summed E-state index contributed by atoms with van der Waals surface area (Å²) in [6.07, 6.45) is 3.58. The van der Waals surface area contributed by atoms with Crippen LogP contribution in [0.3, 0.4) is 0 Å². The minimum Gasteiger partial charge on any atom is -0.486 e. The van der Waals surface area contributed by atoms with E-state index in [1.54, 1.807) is 12.2 Å². The van der Waals surface area contributed by atoms with E-state index in [1.165, 1.54) is 0 Å². The van der Waals surface area contributed by atoms with Gasteiger partial charge in [-0.05, 0) is 13.0 Å². The van der Waals surface area contributed by atoms with Crippen LogP contribution < -0.4 is 4.74 Å². The van der Waals surface area contributed by atoms with E-state index in [1.807, 2.05) is 31.2 Å². The van der Waals surface area contributed by atoms with Crippen LogP contribution >= 0.6 is 0 Å². The van der Waals surface area contributed by atoms with E-state index in [0.29, 0.717) is 0 Å². The Morgan fingerprint density at radius 2 is 2.00 bits per heavy atom. The van der Waals surface area contributed by atoms with Crippen molar-refractivity contribution in [3.05, 3.63) is 49.1 Å². The van der Waals surface area contributed by atoms with Gasteiger partial charge in [-0.3, -0.25) is 0 Å². The highest BCUT2D eigenvalue weighted by molar-refractivity contribution is 5.55. The molecule has 0 aliphatic rings. The molecule has 0 aliphatic heterocycles. The van der Waals surface area contributed by atoms with Gasteiger partial charge in [0.1, 0.15) is 11.9 Å². The molecule has 1 nitrogen and oxygen atoms in total. The molecule has 1 atom stereocenters. The van der Waals surface area contributed by atoms with Gasteiger partial charge >= 0.3 is 0 Å². The number of hydrogen-bond donors (Lipinski definition) is 0. The highest BCUT2D eigenvalue weighted by Gasteiger charge is 2.01. The summed E-state index contributed by atoms with van der Waals surface area (Å²) in [7, 11) is 0. The van der Waals surface area contributed by atoms with Crippen LogP contribution in [0.2, 0.25) is 0 Å². The number of benzene rings is 1. The first-order chi connectivity index (χ1) is 6.27. The van der Waals surface area contributed by atoms with Gasteiger partial charge < -0.3 is 4.74 Å². The van der Waals surface area contributed by atoms with E-state index < -0.39 is 0 Å². The Labute approximate surface area is 79.4 Å². The summed E-state index contributed by atoms with van der Waals surface area (Å²) in [6.45, 7) is 9.33. The first-order valence-corrected chi connectivity index (χ1v) is 4.28. The van der Waals surface area contributed by atoms with Gasteiger partial charge in [0, 0.05) is 5.56 Å². The third-order valence-corrected chi connectivity index (χ3v) is 1.78. The molecule has 0 heterocycles. The van der Waals surface area contributed by atoms with Gasteiger partial charge in [-0.1, -0.05) is 43.5 Å². The topological polar surface area (TPSA) is 9.23 Å². The molecule has 0 saturated heterocycles. The Morgan fingerprint density at radius 3 is 2.62 bits per heavy atom. The van der Waals surface area contributed by atoms with Crippen molar-refractivity contribution < 1.29 is 4.74 Å². The van der Waals surface area contributed by atoms with Crippen LogP contribution in [0.5, 0.6) is 5.75 Å². The van der Waals surface area contributed by atoms with Crippen LogP contribution in [-0.2, 0) is 0 Å². The van der Waals surface area contributed by atoms with Gasteiger partial charge in [0.05, 0.1) is 0 Å². The summed E-state index contributed by atoms with van der Waals surface area (Å²) in [6, 6.07) is 7.80. The maximum Gasteiger partial charge on any atom is 0.127 e. The molecule has 1 heteroatoms. The van der Waals surface area contributed by atoms with Crippen molar-refractivity contribution in [3.8, 4) is 5.75 Å². The van der Waals surface area contributed by atoms with E-state index in [0.717, 1.165) is 11.3 Å². The number of ether oxygens (including phenoxy) is 1. The number of hydrogen-bond acceptors (Lipinski definition) is 1. The minimum absolute atomic E-state index is 0.0288. The SMILES string of the molecule is C=Cc1ccccc1OC(C)C=C. The summed E-state index contributed by atoms with van der Waals surface area (Å²) in [5, 5.41) is 0. The molecule has 0 spiro atoms. The highest BCUT2D eigenvalue weighted by atomic mass is 16.5. The lowest BCUT2D eigenvalue weighted by atomic mass is 10.2. The second-order valence-corrected chi connectivity index (χ2v) is 2.80. The van der Waals surface area contributed by atoms with Gasteiger partial charge in [-0.15, -0.1) is 0 Å². The Kier molecular flexibility index (Phi) is 3.32. The summed E-state index contributed by atoms with van der Waals surface area (Å²) < 4.78 is 5.60. The number of rotatable bonds is 4. The molecule has 0 saturated carbocycles. The van der Waals surface area contributed by atoms with E-state index in [9.17, 15) is 0 Å². The summed E-state index contributed by atoms with van der Waals surface area (Å²) in [5.74, 6) is 0.852. The monoisotopic (exact) mass is 174 g/mol. The zero-order valence-electron chi connectivity index (χ0n) is 7.86. The molecule has 0 N–H and O–H groups in total. The van der Waals surface area contributed by atoms with Crippen molar-refractivity contribution in [1.29, 1.82) is 0 Å². The van der Waals surface area contributed by atoms with Crippen LogP contribution in [0.15, 0.2) is 43.5 Å². The highest BCUT2D eigenvalue weighted by Crippen LogP contribution is 2.20. The van der Waals surface area contributed by atoms with Crippen molar-refractivity contribution in [2.24, 2.45) is 0 Å². The fourth-order valence-electron chi connectivity index (χ4n) is 1.00. The molecule has 0 amide bonds. The van der Waals surface area contributed by atoms with Crippen molar-refractivity contribution in [2.75, 3.05) is 0 Å². The molecule has 0 bridgehead atoms. The average Bonchev–Trinajstić information content (AvgIpc) is 2.18. The zero-order valence-corrected chi connectivity index (χ0v) is 7.86. The average molecular weight is 174 g/mol. The molecule has 0 aliphatic carbocycles. The number of para-hydroxylation sites is 1. The zero-order chi connectivity index (χ0) is 9.68. The maximum atomic E-state index is 5.60. The standard InChI is InChI=1S/C12H14O/c1-4-10(3)13-12-9-7-6-8-11(12)5-2/h4-10H,1-2H2,3H3. The quantitative estimate of drug-likeness (QED) is 0.636. The van der Waals surface area contributed by atoms with Gasteiger partial charge in [-0.25, -0.2) is 0 Å². The van der Waals surface area contributed by atoms with Crippen molar-refractivity contribution in [2.45, 2.75) is 13.0 Å². The largest absolute Gasteiger partial charge is 0.486 e. The second-order valence-electron chi connectivity index (χ2n) is 2.80. The van der Waals surface area contributed by atoms with Gasteiger partial charge in [0.2, 0.25) is 0 Å². The molecule has 1 aromatic rings. The fraction of sp³-hybridized carbons (Fsp3) is 0.167. The predicted octanol–water partition coefficient (Wildman–Crippen LogP) is 3.28. The maximum absolute atomic E-state index is 5.60. The molecule has 1 rings (SSSR count). The lowest BCUT2D eigenvalue weighted by molar-refractivity contribution is 0.269. The molecule has 1 aromatic carbocycles. The lowest BCUT2D eigenvalue weighted by Gasteiger charge is -2.12. The molecule has 0 aromatic heterocycles. The predicted molar refractivity (Wildman–Crippen MR) is 56.8 cm³/mol. The van der Waals surface area contributed by atoms with Crippen LogP contribution in [0.1, 0.15) is 12.5 Å². The van der Waals surface area contributed by atoms with Crippen molar-refractivity contribution in [3.63, 3.8) is 0 Å². The van der Waals surface area contributed by atoms with Crippen LogP contribution in [0.25, 0.3) is 6.08 Å². The second kappa shape index (κ2) is 4.51. The molecule has 68 valence electrons. The van der Waals surface area contributed by atoms with Gasteiger partial charge in [0.25, 0.3) is 0 Å². The first-order valence-electron chi connectivity index (χ1n) is 4.28. The Morgan fingerprint density at radius 1 is 1.31 bits per heavy atom. The molecule has 0 fully saturated rings. The molecular weight excluding hydrogens is 160 g/mol. The van der Waals surface area contributed by atoms with Crippen LogP contribution in [0.4, 0.5) is 0 Å². The Balaban J connectivity index is 2.86. The normalized spacial score (nSPS) is 11.8. The van der Waals surface area contributed by atoms with Crippen LogP contribution in [0, 0.1) is 0 Å². The van der Waals surface area contributed by atoms with Crippen molar-refractivity contribution >= 4 is 6.08 Å². The molecule has 1 unspecified atom stereocenters. The summed E-state index contributed by atoms with van der Waals surface area (Å²) >= 11 is 0. The van der Waals surface area contributed by atoms with E-state index in [-0.39, 0.29) is 6.10 Å².